The first kappa shape index (κ1) is 26.3. The summed E-state index contributed by atoms with van der Waals surface area (Å²) in [7, 11) is -3.63. The Morgan fingerprint density at radius 1 is 1.03 bits per heavy atom. The Balaban J connectivity index is 1.55. The summed E-state index contributed by atoms with van der Waals surface area (Å²) in [6, 6.07) is 13.0. The van der Waals surface area contributed by atoms with Crippen LogP contribution in [0.25, 0.3) is 11.3 Å². The SMILES string of the molecule is CCN(CC)CCCS(=O)(=O)Nc1c(-c2ccccc2Cl)noc1CCc1ccc2c(c1)OCCO2. The second-order valence-corrected chi connectivity index (χ2v) is 10.8. The van der Waals surface area contributed by atoms with Gasteiger partial charge in [0.2, 0.25) is 10.0 Å². The van der Waals surface area contributed by atoms with E-state index in [1.54, 1.807) is 12.1 Å². The molecule has 10 heteroatoms. The summed E-state index contributed by atoms with van der Waals surface area (Å²) in [6.45, 7) is 7.67. The smallest absolute Gasteiger partial charge is 0.232 e. The van der Waals surface area contributed by atoms with Crippen molar-refractivity contribution < 1.29 is 22.4 Å². The van der Waals surface area contributed by atoms with Crippen LogP contribution in [0.5, 0.6) is 11.5 Å². The third kappa shape index (κ3) is 6.52. The lowest BCUT2D eigenvalue weighted by Crippen LogP contribution is -2.27. The average Bonchev–Trinajstić information content (AvgIpc) is 3.26. The number of aromatic nitrogens is 1. The molecule has 2 aromatic carbocycles. The Morgan fingerprint density at radius 2 is 1.78 bits per heavy atom. The minimum atomic E-state index is -3.63. The van der Waals surface area contributed by atoms with Crippen molar-refractivity contribution in [2.75, 3.05) is 43.3 Å². The zero-order valence-corrected chi connectivity index (χ0v) is 22.2. The van der Waals surface area contributed by atoms with E-state index >= 15 is 0 Å². The number of nitrogens with one attached hydrogen (secondary N) is 1. The Kier molecular flexibility index (Phi) is 8.77. The van der Waals surface area contributed by atoms with E-state index in [2.05, 4.69) is 28.6 Å². The molecular formula is C26H32ClN3O5S. The van der Waals surface area contributed by atoms with Gasteiger partial charge in [-0.15, -0.1) is 0 Å². The standard InChI is InChI=1S/C26H32ClN3O5S/c1-3-30(4-2)14-7-17-36(31,32)29-26-23(35-28-25(26)20-8-5-6-9-21(20)27)13-11-19-10-12-22-24(18-19)34-16-15-33-22/h5-6,8-10,12,18,29H,3-4,7,11,13-17H2,1-2H3. The van der Waals surface area contributed by atoms with E-state index < -0.39 is 10.0 Å². The van der Waals surface area contributed by atoms with Crippen LogP contribution in [0, 0.1) is 0 Å². The third-order valence-corrected chi connectivity index (χ3v) is 7.85. The van der Waals surface area contributed by atoms with Gasteiger partial charge in [-0.2, -0.15) is 0 Å². The second-order valence-electron chi connectivity index (χ2n) is 8.59. The number of benzene rings is 2. The van der Waals surface area contributed by atoms with E-state index in [9.17, 15) is 8.42 Å². The minimum absolute atomic E-state index is 0.00174. The lowest BCUT2D eigenvalue weighted by molar-refractivity contribution is 0.171. The topological polar surface area (TPSA) is 93.9 Å². The van der Waals surface area contributed by atoms with Crippen LogP contribution in [0.2, 0.25) is 5.02 Å². The molecule has 0 bridgehead atoms. The molecule has 1 N–H and O–H groups in total. The highest BCUT2D eigenvalue weighted by Crippen LogP contribution is 2.36. The van der Waals surface area contributed by atoms with E-state index in [1.165, 1.54) is 0 Å². The van der Waals surface area contributed by atoms with Crippen LogP contribution >= 0.6 is 11.6 Å². The number of ether oxygens (including phenoxy) is 2. The maximum Gasteiger partial charge on any atom is 0.232 e. The van der Waals surface area contributed by atoms with E-state index in [0.29, 0.717) is 72.5 Å². The molecule has 1 aromatic heterocycles. The molecule has 0 aliphatic carbocycles. The van der Waals surface area contributed by atoms with Gasteiger partial charge in [0.05, 0.1) is 10.8 Å². The van der Waals surface area contributed by atoms with E-state index in [1.807, 2.05) is 30.3 Å². The highest BCUT2D eigenvalue weighted by atomic mass is 35.5. The van der Waals surface area contributed by atoms with Gasteiger partial charge in [0.25, 0.3) is 0 Å². The Bertz CT molecular complexity index is 1270. The molecule has 4 rings (SSSR count). The fourth-order valence-corrected chi connectivity index (χ4v) is 5.52. The van der Waals surface area contributed by atoms with Gasteiger partial charge >= 0.3 is 0 Å². The van der Waals surface area contributed by atoms with Gasteiger partial charge in [-0.25, -0.2) is 8.42 Å². The number of rotatable bonds is 12. The van der Waals surface area contributed by atoms with Crippen molar-refractivity contribution in [3.05, 3.63) is 58.8 Å². The molecule has 0 amide bonds. The summed E-state index contributed by atoms with van der Waals surface area (Å²) in [5.74, 6) is 1.89. The van der Waals surface area contributed by atoms with Crippen LogP contribution in [-0.2, 0) is 22.9 Å². The number of anilines is 1. The summed E-state index contributed by atoms with van der Waals surface area (Å²) < 4.78 is 45.8. The lowest BCUT2D eigenvalue weighted by atomic mass is 10.1. The van der Waals surface area contributed by atoms with Crippen molar-refractivity contribution in [1.82, 2.24) is 10.1 Å². The van der Waals surface area contributed by atoms with Crippen LogP contribution in [-0.4, -0.2) is 57.1 Å². The van der Waals surface area contributed by atoms with Crippen LogP contribution in [0.4, 0.5) is 5.69 Å². The maximum atomic E-state index is 13.0. The molecule has 0 unspecified atom stereocenters. The molecule has 0 spiro atoms. The van der Waals surface area contributed by atoms with Crippen molar-refractivity contribution in [3.8, 4) is 22.8 Å². The zero-order valence-electron chi connectivity index (χ0n) is 20.6. The maximum absolute atomic E-state index is 13.0. The molecular weight excluding hydrogens is 502 g/mol. The van der Waals surface area contributed by atoms with E-state index in [-0.39, 0.29) is 5.75 Å². The predicted molar refractivity (Wildman–Crippen MR) is 142 cm³/mol. The van der Waals surface area contributed by atoms with Crippen LogP contribution in [0.3, 0.4) is 0 Å². The average molecular weight is 534 g/mol. The highest BCUT2D eigenvalue weighted by Gasteiger charge is 2.24. The second kappa shape index (κ2) is 12.0. The van der Waals surface area contributed by atoms with Crippen LogP contribution in [0.1, 0.15) is 31.6 Å². The number of sulfonamides is 1. The van der Waals surface area contributed by atoms with Gasteiger partial charge in [0.15, 0.2) is 17.3 Å². The largest absolute Gasteiger partial charge is 0.486 e. The molecule has 0 atom stereocenters. The fourth-order valence-electron chi connectivity index (χ4n) is 4.16. The van der Waals surface area contributed by atoms with E-state index in [0.717, 1.165) is 24.4 Å². The van der Waals surface area contributed by atoms with Gasteiger partial charge < -0.3 is 18.9 Å². The molecule has 8 nitrogen and oxygen atoms in total. The van der Waals surface area contributed by atoms with Crippen LogP contribution < -0.4 is 14.2 Å². The summed E-state index contributed by atoms with van der Waals surface area (Å²) in [5, 5.41) is 4.67. The minimum Gasteiger partial charge on any atom is -0.486 e. The number of hydrogen-bond acceptors (Lipinski definition) is 7. The van der Waals surface area contributed by atoms with Crippen molar-refractivity contribution >= 4 is 27.3 Å². The normalized spacial score (nSPS) is 13.2. The number of nitrogens with zero attached hydrogens (tertiary/aromatic N) is 2. The van der Waals surface area contributed by atoms with Crippen molar-refractivity contribution in [3.63, 3.8) is 0 Å². The van der Waals surface area contributed by atoms with Gasteiger partial charge in [-0.1, -0.05) is 54.9 Å². The Hall–Kier alpha value is -2.75. The molecule has 1 aliphatic heterocycles. The summed E-state index contributed by atoms with van der Waals surface area (Å²) >= 11 is 6.41. The van der Waals surface area contributed by atoms with Crippen molar-refractivity contribution in [2.24, 2.45) is 0 Å². The van der Waals surface area contributed by atoms with E-state index in [4.69, 9.17) is 25.6 Å². The van der Waals surface area contributed by atoms with Gasteiger partial charge in [-0.05, 0) is 56.2 Å². The first-order chi connectivity index (χ1) is 17.4. The quantitative estimate of drug-likeness (QED) is 0.349. The molecule has 0 saturated carbocycles. The first-order valence-electron chi connectivity index (χ1n) is 12.2. The zero-order chi connectivity index (χ0) is 25.5. The first-order valence-corrected chi connectivity index (χ1v) is 14.3. The van der Waals surface area contributed by atoms with Gasteiger partial charge in [0.1, 0.15) is 24.6 Å². The molecule has 36 heavy (non-hydrogen) atoms. The van der Waals surface area contributed by atoms with Gasteiger partial charge in [0, 0.05) is 12.0 Å². The number of fused-ring (bicyclic) bond motifs is 1. The third-order valence-electron chi connectivity index (χ3n) is 6.18. The van der Waals surface area contributed by atoms with Crippen molar-refractivity contribution in [1.29, 1.82) is 0 Å². The Morgan fingerprint density at radius 3 is 2.53 bits per heavy atom. The molecule has 3 aromatic rings. The molecule has 0 saturated heterocycles. The monoisotopic (exact) mass is 533 g/mol. The number of hydrogen-bond donors (Lipinski definition) is 1. The molecule has 0 radical (unpaired) electrons. The summed E-state index contributed by atoms with van der Waals surface area (Å²) in [4.78, 5) is 2.20. The highest BCUT2D eigenvalue weighted by molar-refractivity contribution is 7.92. The summed E-state index contributed by atoms with van der Waals surface area (Å²) in [6.07, 6.45) is 1.56. The molecule has 2 heterocycles. The number of aryl methyl sites for hydroxylation is 2. The van der Waals surface area contributed by atoms with Crippen molar-refractivity contribution in [2.45, 2.75) is 33.1 Å². The summed E-state index contributed by atoms with van der Waals surface area (Å²) in [5.41, 5.74) is 2.34. The van der Waals surface area contributed by atoms with Crippen LogP contribution in [0.15, 0.2) is 47.0 Å². The molecule has 0 fully saturated rings. The predicted octanol–water partition coefficient (Wildman–Crippen LogP) is 5.03. The van der Waals surface area contributed by atoms with Gasteiger partial charge in [-0.3, -0.25) is 4.72 Å². The number of halogens is 1. The molecule has 1 aliphatic rings. The lowest BCUT2D eigenvalue weighted by Gasteiger charge is -2.18. The molecule has 194 valence electrons. The fraction of sp³-hybridized carbons (Fsp3) is 0.423. The Labute approximate surface area is 217 Å².